The van der Waals surface area contributed by atoms with Crippen molar-refractivity contribution in [2.24, 2.45) is 0 Å². The van der Waals surface area contributed by atoms with Gasteiger partial charge in [-0.1, -0.05) is 47.7 Å². The summed E-state index contributed by atoms with van der Waals surface area (Å²) in [6, 6.07) is 17.9. The van der Waals surface area contributed by atoms with Gasteiger partial charge in [0.05, 0.1) is 18.4 Å². The van der Waals surface area contributed by atoms with Gasteiger partial charge in [0.2, 0.25) is 0 Å². The van der Waals surface area contributed by atoms with E-state index >= 15 is 0 Å². The van der Waals surface area contributed by atoms with Crippen molar-refractivity contribution in [2.45, 2.75) is 6.54 Å². The molecule has 0 aliphatic carbocycles. The van der Waals surface area contributed by atoms with Gasteiger partial charge in [0.1, 0.15) is 0 Å². The normalized spacial score (nSPS) is 10.5. The van der Waals surface area contributed by atoms with E-state index in [1.165, 1.54) is 0 Å². The summed E-state index contributed by atoms with van der Waals surface area (Å²) in [5.41, 5.74) is 9.78. The van der Waals surface area contributed by atoms with Gasteiger partial charge in [-0.15, -0.1) is 5.10 Å². The van der Waals surface area contributed by atoms with Gasteiger partial charge in [0.15, 0.2) is 0 Å². The SMILES string of the molecule is Nc1cccc(Cn2nncc2-c2ccccc2)c1. The number of anilines is 1. The van der Waals surface area contributed by atoms with Crippen molar-refractivity contribution in [3.05, 3.63) is 66.4 Å². The second-order valence-electron chi connectivity index (χ2n) is 4.39. The topological polar surface area (TPSA) is 56.7 Å². The highest BCUT2D eigenvalue weighted by molar-refractivity contribution is 5.58. The maximum absolute atomic E-state index is 5.79. The van der Waals surface area contributed by atoms with Crippen LogP contribution in [0.3, 0.4) is 0 Å². The molecule has 19 heavy (non-hydrogen) atoms. The molecule has 3 aromatic rings. The molecule has 0 radical (unpaired) electrons. The fourth-order valence-corrected chi connectivity index (χ4v) is 2.07. The summed E-state index contributed by atoms with van der Waals surface area (Å²) in [7, 11) is 0. The van der Waals surface area contributed by atoms with E-state index in [1.807, 2.05) is 47.1 Å². The quantitative estimate of drug-likeness (QED) is 0.727. The zero-order valence-electron chi connectivity index (χ0n) is 10.4. The summed E-state index contributed by atoms with van der Waals surface area (Å²) in [6.07, 6.45) is 1.78. The lowest BCUT2D eigenvalue weighted by Gasteiger charge is -2.07. The van der Waals surface area contributed by atoms with Crippen LogP contribution in [-0.2, 0) is 6.54 Å². The van der Waals surface area contributed by atoms with Gasteiger partial charge >= 0.3 is 0 Å². The smallest absolute Gasteiger partial charge is 0.0889 e. The largest absolute Gasteiger partial charge is 0.399 e. The predicted octanol–water partition coefficient (Wildman–Crippen LogP) is 2.58. The minimum absolute atomic E-state index is 0.662. The van der Waals surface area contributed by atoms with Crippen molar-refractivity contribution in [2.75, 3.05) is 5.73 Å². The van der Waals surface area contributed by atoms with Gasteiger partial charge in [0.25, 0.3) is 0 Å². The van der Waals surface area contributed by atoms with Gasteiger partial charge in [-0.25, -0.2) is 4.68 Å². The summed E-state index contributed by atoms with van der Waals surface area (Å²) >= 11 is 0. The molecule has 0 amide bonds. The number of aromatic nitrogens is 3. The average Bonchev–Trinajstić information content (AvgIpc) is 2.88. The first-order valence-electron chi connectivity index (χ1n) is 6.11. The molecule has 2 aromatic carbocycles. The number of rotatable bonds is 3. The molecular weight excluding hydrogens is 236 g/mol. The Morgan fingerprint density at radius 3 is 2.63 bits per heavy atom. The molecule has 94 valence electrons. The molecule has 0 aliphatic rings. The molecule has 1 heterocycles. The number of hydrogen-bond acceptors (Lipinski definition) is 3. The van der Waals surface area contributed by atoms with Crippen LogP contribution in [0.5, 0.6) is 0 Å². The van der Waals surface area contributed by atoms with Crippen molar-refractivity contribution < 1.29 is 0 Å². The Hall–Kier alpha value is -2.62. The van der Waals surface area contributed by atoms with Gasteiger partial charge < -0.3 is 5.73 Å². The standard InChI is InChI=1S/C15H14N4/c16-14-8-4-5-12(9-14)11-19-15(10-17-18-19)13-6-2-1-3-7-13/h1-10H,11,16H2. The molecular formula is C15H14N4. The number of nitrogen functional groups attached to an aromatic ring is 1. The molecule has 0 bridgehead atoms. The lowest BCUT2D eigenvalue weighted by Crippen LogP contribution is -2.04. The molecule has 1 aromatic heterocycles. The Kier molecular flexibility index (Phi) is 2.98. The van der Waals surface area contributed by atoms with E-state index in [1.54, 1.807) is 6.20 Å². The summed E-state index contributed by atoms with van der Waals surface area (Å²) in [6.45, 7) is 0.662. The van der Waals surface area contributed by atoms with Crippen LogP contribution >= 0.6 is 0 Å². The van der Waals surface area contributed by atoms with Gasteiger partial charge in [-0.2, -0.15) is 0 Å². The highest BCUT2D eigenvalue weighted by Gasteiger charge is 2.06. The molecule has 3 rings (SSSR count). The lowest BCUT2D eigenvalue weighted by atomic mass is 10.1. The van der Waals surface area contributed by atoms with Gasteiger partial charge in [0, 0.05) is 11.3 Å². The molecule has 0 aliphatic heterocycles. The maximum Gasteiger partial charge on any atom is 0.0889 e. The van der Waals surface area contributed by atoms with E-state index in [4.69, 9.17) is 5.73 Å². The van der Waals surface area contributed by atoms with Crippen molar-refractivity contribution in [3.8, 4) is 11.3 Å². The molecule has 0 saturated carbocycles. The van der Waals surface area contributed by atoms with E-state index in [0.717, 1.165) is 22.5 Å². The minimum Gasteiger partial charge on any atom is -0.399 e. The van der Waals surface area contributed by atoms with Crippen molar-refractivity contribution in [1.29, 1.82) is 0 Å². The highest BCUT2D eigenvalue weighted by Crippen LogP contribution is 2.18. The maximum atomic E-state index is 5.79. The third-order valence-electron chi connectivity index (χ3n) is 2.97. The van der Waals surface area contributed by atoms with Crippen LogP contribution in [0.25, 0.3) is 11.3 Å². The molecule has 0 fully saturated rings. The first-order valence-corrected chi connectivity index (χ1v) is 6.11. The molecule has 0 unspecified atom stereocenters. The Morgan fingerprint density at radius 1 is 1.00 bits per heavy atom. The predicted molar refractivity (Wildman–Crippen MR) is 75.4 cm³/mol. The first kappa shape index (κ1) is 11.5. The Balaban J connectivity index is 1.93. The molecule has 4 nitrogen and oxygen atoms in total. The van der Waals surface area contributed by atoms with Crippen LogP contribution in [0, 0.1) is 0 Å². The molecule has 2 N–H and O–H groups in total. The molecule has 0 spiro atoms. The fourth-order valence-electron chi connectivity index (χ4n) is 2.07. The summed E-state index contributed by atoms with van der Waals surface area (Å²) < 4.78 is 1.88. The lowest BCUT2D eigenvalue weighted by molar-refractivity contribution is 0.656. The first-order chi connectivity index (χ1) is 9.33. The highest BCUT2D eigenvalue weighted by atomic mass is 15.4. The second kappa shape index (κ2) is 4.94. The summed E-state index contributed by atoms with van der Waals surface area (Å²) in [4.78, 5) is 0. The summed E-state index contributed by atoms with van der Waals surface area (Å²) in [5.74, 6) is 0. The second-order valence-corrected chi connectivity index (χ2v) is 4.39. The minimum atomic E-state index is 0.662. The van der Waals surface area contributed by atoms with Gasteiger partial charge in [-0.05, 0) is 17.7 Å². The Labute approximate surface area is 111 Å². The zero-order chi connectivity index (χ0) is 13.1. The Bertz CT molecular complexity index is 673. The van der Waals surface area contributed by atoms with E-state index in [0.29, 0.717) is 6.54 Å². The van der Waals surface area contributed by atoms with Crippen molar-refractivity contribution in [3.63, 3.8) is 0 Å². The van der Waals surface area contributed by atoms with Crippen LogP contribution in [0.1, 0.15) is 5.56 Å². The number of benzene rings is 2. The third-order valence-corrected chi connectivity index (χ3v) is 2.97. The molecule has 0 saturated heterocycles. The van der Waals surface area contributed by atoms with Crippen LogP contribution in [0.2, 0.25) is 0 Å². The average molecular weight is 250 g/mol. The van der Waals surface area contributed by atoms with Gasteiger partial charge in [-0.3, -0.25) is 0 Å². The monoisotopic (exact) mass is 250 g/mol. The number of nitrogens with two attached hydrogens (primary N) is 1. The van der Waals surface area contributed by atoms with Crippen molar-refractivity contribution in [1.82, 2.24) is 15.0 Å². The van der Waals surface area contributed by atoms with E-state index in [2.05, 4.69) is 22.4 Å². The van der Waals surface area contributed by atoms with Crippen LogP contribution in [0.4, 0.5) is 5.69 Å². The van der Waals surface area contributed by atoms with Crippen molar-refractivity contribution >= 4 is 5.69 Å². The third kappa shape index (κ3) is 2.47. The zero-order valence-corrected chi connectivity index (χ0v) is 10.4. The molecule has 0 atom stereocenters. The van der Waals surface area contributed by atoms with Crippen LogP contribution < -0.4 is 5.73 Å². The number of nitrogens with zero attached hydrogens (tertiary/aromatic N) is 3. The van der Waals surface area contributed by atoms with E-state index < -0.39 is 0 Å². The van der Waals surface area contributed by atoms with E-state index in [9.17, 15) is 0 Å². The van der Waals surface area contributed by atoms with Crippen LogP contribution in [0.15, 0.2) is 60.8 Å². The number of hydrogen-bond donors (Lipinski definition) is 1. The fraction of sp³-hybridized carbons (Fsp3) is 0.0667. The van der Waals surface area contributed by atoms with Crippen LogP contribution in [-0.4, -0.2) is 15.0 Å². The summed E-state index contributed by atoms with van der Waals surface area (Å²) in [5, 5.41) is 8.14. The molecule has 4 heteroatoms. The van der Waals surface area contributed by atoms with E-state index in [-0.39, 0.29) is 0 Å². The Morgan fingerprint density at radius 2 is 1.84 bits per heavy atom.